The van der Waals surface area contributed by atoms with Crippen molar-refractivity contribution in [3.63, 3.8) is 0 Å². The summed E-state index contributed by atoms with van der Waals surface area (Å²) in [6.45, 7) is 2.14. The Morgan fingerprint density at radius 1 is 1.00 bits per heavy atom. The van der Waals surface area contributed by atoms with Crippen LogP contribution in [0.4, 0.5) is 0 Å². The Kier molecular flexibility index (Phi) is 17.7. The molecule has 0 saturated heterocycles. The summed E-state index contributed by atoms with van der Waals surface area (Å²) in [5.41, 5.74) is 0. The van der Waals surface area contributed by atoms with E-state index in [1.54, 1.807) is 0 Å². The van der Waals surface area contributed by atoms with Gasteiger partial charge in [0.1, 0.15) is 6.10 Å². The molecule has 3 heteroatoms. The molecule has 1 N–H and O–H groups in total. The van der Waals surface area contributed by atoms with Crippen molar-refractivity contribution in [2.75, 3.05) is 16.8 Å². The topological polar surface area (TPSA) is 20.2 Å². The lowest BCUT2D eigenvalue weighted by atomic mass is 10.1. The van der Waals surface area contributed by atoms with Crippen LogP contribution in [0.1, 0.15) is 71.1 Å². The highest BCUT2D eigenvalue weighted by atomic mass is 79.9. The third kappa shape index (κ3) is 16.4. The highest BCUT2D eigenvalue weighted by molar-refractivity contribution is 9.09. The number of aliphatic hydroxyl groups is 1. The van der Waals surface area contributed by atoms with Crippen LogP contribution in [-0.2, 0) is 0 Å². The molecule has 0 fully saturated rings. The Balaban J connectivity index is 3.18. The quantitative estimate of drug-likeness (QED) is 0.269. The molecule has 1 unspecified atom stereocenters. The second-order valence-electron chi connectivity index (χ2n) is 5.15. The number of alkyl halides is 1. The van der Waals surface area contributed by atoms with E-state index in [1.165, 1.54) is 50.0 Å². The summed E-state index contributed by atoms with van der Waals surface area (Å²) in [6, 6.07) is 0. The lowest BCUT2D eigenvalue weighted by Gasteiger charge is -2.01. The van der Waals surface area contributed by atoms with Crippen LogP contribution in [0.3, 0.4) is 0 Å². The van der Waals surface area contributed by atoms with E-state index in [2.05, 4.69) is 46.5 Å². The van der Waals surface area contributed by atoms with Gasteiger partial charge in [-0.3, -0.25) is 0 Å². The van der Waals surface area contributed by atoms with E-state index in [1.807, 2.05) is 0 Å². The summed E-state index contributed by atoms with van der Waals surface area (Å²) in [7, 11) is 0. The molecule has 0 rings (SSSR count). The van der Waals surface area contributed by atoms with Crippen molar-refractivity contribution in [3.8, 4) is 11.8 Å². The molecule has 0 bridgehead atoms. The van der Waals surface area contributed by atoms with Crippen molar-refractivity contribution < 1.29 is 5.11 Å². The van der Waals surface area contributed by atoms with Crippen molar-refractivity contribution >= 4 is 27.7 Å². The van der Waals surface area contributed by atoms with Crippen LogP contribution in [0.25, 0.3) is 0 Å². The SMILES string of the molecule is CCCCC(O)C#CCCCCCCCSCCCBr. The molecule has 0 aromatic rings. The van der Waals surface area contributed by atoms with Gasteiger partial charge in [0.25, 0.3) is 0 Å². The molecule has 1 nitrogen and oxygen atoms in total. The molecule has 0 amide bonds. The monoisotopic (exact) mass is 362 g/mol. The molecule has 0 aromatic carbocycles. The minimum atomic E-state index is -0.397. The van der Waals surface area contributed by atoms with Crippen molar-refractivity contribution in [1.29, 1.82) is 0 Å². The predicted molar refractivity (Wildman–Crippen MR) is 96.7 cm³/mol. The van der Waals surface area contributed by atoms with Gasteiger partial charge in [0.05, 0.1) is 0 Å². The first-order valence-corrected chi connectivity index (χ1v) is 10.4. The third-order valence-corrected chi connectivity index (χ3v) is 4.83. The molecule has 0 saturated carbocycles. The molecule has 1 atom stereocenters. The number of halogens is 1. The summed E-state index contributed by atoms with van der Waals surface area (Å²) < 4.78 is 0. The number of unbranched alkanes of at least 4 members (excludes halogenated alkanes) is 6. The Hall–Kier alpha value is 0.350. The number of hydrogen-bond acceptors (Lipinski definition) is 2. The summed E-state index contributed by atoms with van der Waals surface area (Å²) in [5, 5.41) is 10.7. The maximum atomic E-state index is 9.56. The van der Waals surface area contributed by atoms with Gasteiger partial charge in [0.2, 0.25) is 0 Å². The van der Waals surface area contributed by atoms with Gasteiger partial charge in [-0.15, -0.1) is 5.92 Å². The van der Waals surface area contributed by atoms with Crippen LogP contribution >= 0.6 is 27.7 Å². The van der Waals surface area contributed by atoms with Gasteiger partial charge in [-0.25, -0.2) is 0 Å². The number of aliphatic hydroxyl groups excluding tert-OH is 1. The van der Waals surface area contributed by atoms with Crippen LogP contribution < -0.4 is 0 Å². The Bertz CT molecular complexity index is 247. The lowest BCUT2D eigenvalue weighted by molar-refractivity contribution is 0.218. The Labute approximate surface area is 138 Å². The second kappa shape index (κ2) is 17.4. The van der Waals surface area contributed by atoms with Gasteiger partial charge in [0.15, 0.2) is 0 Å². The minimum absolute atomic E-state index is 0.397. The predicted octanol–water partition coefficient (Wildman–Crippen LogP) is 5.40. The van der Waals surface area contributed by atoms with Crippen molar-refractivity contribution in [3.05, 3.63) is 0 Å². The molecule has 0 radical (unpaired) electrons. The molecule has 0 heterocycles. The molecular weight excluding hydrogens is 332 g/mol. The molecule has 0 aliphatic heterocycles. The standard InChI is InChI=1S/C17H31BrOS/c1-2-3-12-17(19)13-9-7-5-4-6-8-10-15-20-16-11-14-18/h17,19H,2-8,10-12,14-16H2,1H3. The molecular formula is C17H31BrOS. The van der Waals surface area contributed by atoms with Crippen LogP contribution in [0.2, 0.25) is 0 Å². The fraction of sp³-hybridized carbons (Fsp3) is 0.882. The number of rotatable bonds is 13. The molecule has 118 valence electrons. The average Bonchev–Trinajstić information content (AvgIpc) is 2.46. The zero-order chi connectivity index (χ0) is 14.9. The van der Waals surface area contributed by atoms with E-state index < -0.39 is 6.10 Å². The van der Waals surface area contributed by atoms with E-state index in [0.29, 0.717) is 0 Å². The molecule has 0 aliphatic carbocycles. The zero-order valence-corrected chi connectivity index (χ0v) is 15.4. The summed E-state index contributed by atoms with van der Waals surface area (Å²) in [6.07, 6.45) is 11.4. The number of thioether (sulfide) groups is 1. The van der Waals surface area contributed by atoms with Crippen LogP contribution in [0.5, 0.6) is 0 Å². The first kappa shape index (κ1) is 20.3. The van der Waals surface area contributed by atoms with Crippen molar-refractivity contribution in [1.82, 2.24) is 0 Å². The third-order valence-electron chi connectivity index (χ3n) is 3.11. The van der Waals surface area contributed by atoms with Gasteiger partial charge in [-0.2, -0.15) is 11.8 Å². The molecule has 0 spiro atoms. The normalized spacial score (nSPS) is 11.9. The summed E-state index contributed by atoms with van der Waals surface area (Å²) >= 11 is 5.53. The second-order valence-corrected chi connectivity index (χ2v) is 7.17. The smallest absolute Gasteiger partial charge is 0.114 e. The fourth-order valence-electron chi connectivity index (χ4n) is 1.87. The van der Waals surface area contributed by atoms with E-state index in [9.17, 15) is 5.11 Å². The largest absolute Gasteiger partial charge is 0.380 e. The van der Waals surface area contributed by atoms with Crippen molar-refractivity contribution in [2.24, 2.45) is 0 Å². The van der Waals surface area contributed by atoms with Gasteiger partial charge in [-0.05, 0) is 37.2 Å². The highest BCUT2D eigenvalue weighted by Gasteiger charge is 1.96. The maximum Gasteiger partial charge on any atom is 0.114 e. The lowest BCUT2D eigenvalue weighted by Crippen LogP contribution is -2.01. The first-order chi connectivity index (χ1) is 9.81. The molecule has 0 aromatic heterocycles. The average molecular weight is 363 g/mol. The van der Waals surface area contributed by atoms with E-state index in [0.717, 1.165) is 31.0 Å². The zero-order valence-electron chi connectivity index (χ0n) is 13.0. The van der Waals surface area contributed by atoms with Gasteiger partial charge < -0.3 is 5.11 Å². The Morgan fingerprint density at radius 3 is 2.45 bits per heavy atom. The highest BCUT2D eigenvalue weighted by Crippen LogP contribution is 2.11. The van der Waals surface area contributed by atoms with Gasteiger partial charge in [-0.1, -0.05) is 60.9 Å². The summed E-state index contributed by atoms with van der Waals surface area (Å²) in [4.78, 5) is 0. The van der Waals surface area contributed by atoms with Crippen LogP contribution in [0, 0.1) is 11.8 Å². The summed E-state index contributed by atoms with van der Waals surface area (Å²) in [5.74, 6) is 8.67. The van der Waals surface area contributed by atoms with Gasteiger partial charge in [0, 0.05) is 11.8 Å². The Morgan fingerprint density at radius 2 is 1.70 bits per heavy atom. The van der Waals surface area contributed by atoms with E-state index >= 15 is 0 Å². The minimum Gasteiger partial charge on any atom is -0.380 e. The van der Waals surface area contributed by atoms with Crippen molar-refractivity contribution in [2.45, 2.75) is 77.2 Å². The maximum absolute atomic E-state index is 9.56. The van der Waals surface area contributed by atoms with E-state index in [-0.39, 0.29) is 0 Å². The van der Waals surface area contributed by atoms with Crippen LogP contribution in [-0.4, -0.2) is 28.0 Å². The van der Waals surface area contributed by atoms with E-state index in [4.69, 9.17) is 0 Å². The fourth-order valence-corrected chi connectivity index (χ4v) is 3.48. The first-order valence-electron chi connectivity index (χ1n) is 8.11. The van der Waals surface area contributed by atoms with Gasteiger partial charge >= 0.3 is 0 Å². The molecule has 0 aliphatic rings. The molecule has 20 heavy (non-hydrogen) atoms. The number of hydrogen-bond donors (Lipinski definition) is 1. The van der Waals surface area contributed by atoms with Crippen LogP contribution in [0.15, 0.2) is 0 Å².